The molecule has 0 aromatic carbocycles. The molecule has 0 saturated carbocycles. The van der Waals surface area contributed by atoms with Crippen LogP contribution in [0.15, 0.2) is 0 Å². The minimum absolute atomic E-state index is 0.0677. The van der Waals surface area contributed by atoms with Gasteiger partial charge in [-0.3, -0.25) is 4.79 Å². The molecule has 3 heterocycles. The van der Waals surface area contributed by atoms with E-state index >= 15 is 0 Å². The molecule has 142 valence electrons. The standard InChI is InChI=1S/C17H28N2O5S/c1-17(2,3)24-16(21)18-6-4-12(5-7-18)8-15(20)19-10-14-9-13(19)11-25(14,22)23/h12-14H,4-11H2,1-3H3. The van der Waals surface area contributed by atoms with Crippen LogP contribution in [0.4, 0.5) is 4.79 Å². The molecule has 2 unspecified atom stereocenters. The Hall–Kier alpha value is -1.31. The number of likely N-dealkylation sites (tertiary alicyclic amines) is 2. The van der Waals surface area contributed by atoms with Crippen molar-refractivity contribution in [1.29, 1.82) is 0 Å². The molecule has 3 aliphatic heterocycles. The van der Waals surface area contributed by atoms with E-state index in [4.69, 9.17) is 4.74 Å². The maximum absolute atomic E-state index is 12.5. The van der Waals surface area contributed by atoms with Gasteiger partial charge in [0.1, 0.15) is 5.60 Å². The number of fused-ring (bicyclic) bond motifs is 2. The van der Waals surface area contributed by atoms with Crippen LogP contribution in [0.3, 0.4) is 0 Å². The zero-order chi connectivity index (χ0) is 18.4. The minimum Gasteiger partial charge on any atom is -0.444 e. The molecule has 0 spiro atoms. The van der Waals surface area contributed by atoms with Crippen LogP contribution >= 0.6 is 0 Å². The molecular weight excluding hydrogens is 344 g/mol. The molecule has 0 aromatic rings. The number of sulfone groups is 1. The summed E-state index contributed by atoms with van der Waals surface area (Å²) in [7, 11) is -2.97. The summed E-state index contributed by atoms with van der Waals surface area (Å²) in [5.41, 5.74) is -0.501. The number of hydrogen-bond donors (Lipinski definition) is 0. The topological polar surface area (TPSA) is 84.0 Å². The van der Waals surface area contributed by atoms with Crippen molar-refractivity contribution in [2.75, 3.05) is 25.4 Å². The molecule has 0 N–H and O–H groups in total. The van der Waals surface area contributed by atoms with Gasteiger partial charge < -0.3 is 14.5 Å². The third-order valence-electron chi connectivity index (χ3n) is 5.36. The number of rotatable bonds is 2. The Balaban J connectivity index is 1.45. The molecule has 3 rings (SSSR count). The van der Waals surface area contributed by atoms with Crippen LogP contribution in [0.2, 0.25) is 0 Å². The Morgan fingerprint density at radius 2 is 1.80 bits per heavy atom. The zero-order valence-electron chi connectivity index (χ0n) is 15.2. The molecule has 3 fully saturated rings. The molecule has 25 heavy (non-hydrogen) atoms. The van der Waals surface area contributed by atoms with Crippen molar-refractivity contribution in [3.05, 3.63) is 0 Å². The summed E-state index contributed by atoms with van der Waals surface area (Å²) < 4.78 is 29.0. The summed E-state index contributed by atoms with van der Waals surface area (Å²) in [5.74, 6) is 0.445. The van der Waals surface area contributed by atoms with E-state index in [1.54, 1.807) is 9.80 Å². The molecule has 2 bridgehead atoms. The summed E-state index contributed by atoms with van der Waals surface area (Å²) in [6, 6.07) is -0.121. The number of nitrogens with zero attached hydrogens (tertiary/aromatic N) is 2. The Labute approximate surface area is 149 Å². The van der Waals surface area contributed by atoms with Gasteiger partial charge in [-0.15, -0.1) is 0 Å². The summed E-state index contributed by atoms with van der Waals surface area (Å²) in [4.78, 5) is 28.1. The first-order chi connectivity index (χ1) is 11.5. The second-order valence-electron chi connectivity index (χ2n) is 8.50. The van der Waals surface area contributed by atoms with Gasteiger partial charge in [0, 0.05) is 32.1 Å². The Bertz CT molecular complexity index is 646. The van der Waals surface area contributed by atoms with E-state index in [2.05, 4.69) is 0 Å². The lowest BCUT2D eigenvalue weighted by Gasteiger charge is -2.34. The number of amides is 2. The summed E-state index contributed by atoms with van der Waals surface area (Å²) in [5, 5.41) is -0.351. The number of carbonyl (C=O) groups is 2. The summed E-state index contributed by atoms with van der Waals surface area (Å²) >= 11 is 0. The van der Waals surface area contributed by atoms with Gasteiger partial charge in [-0.05, 0) is 46.0 Å². The normalized spacial score (nSPS) is 29.1. The van der Waals surface area contributed by atoms with E-state index in [0.29, 0.717) is 32.5 Å². The predicted molar refractivity (Wildman–Crippen MR) is 92.8 cm³/mol. The predicted octanol–water partition coefficient (Wildman–Crippen LogP) is 1.42. The van der Waals surface area contributed by atoms with Gasteiger partial charge >= 0.3 is 6.09 Å². The third-order valence-corrected chi connectivity index (χ3v) is 7.57. The number of carbonyl (C=O) groups excluding carboxylic acids is 2. The van der Waals surface area contributed by atoms with Gasteiger partial charge in [-0.2, -0.15) is 0 Å². The van der Waals surface area contributed by atoms with Gasteiger partial charge in [0.05, 0.1) is 11.0 Å². The van der Waals surface area contributed by atoms with Gasteiger partial charge in [0.25, 0.3) is 0 Å². The molecule has 0 radical (unpaired) electrons. The summed E-state index contributed by atoms with van der Waals surface area (Å²) in [6.45, 7) is 7.12. The zero-order valence-corrected chi connectivity index (χ0v) is 16.0. The molecule has 3 saturated heterocycles. The van der Waals surface area contributed by atoms with Crippen molar-refractivity contribution in [1.82, 2.24) is 9.80 Å². The first-order valence-electron chi connectivity index (χ1n) is 9.04. The fourth-order valence-electron chi connectivity index (χ4n) is 4.01. The second kappa shape index (κ2) is 6.45. The second-order valence-corrected chi connectivity index (χ2v) is 10.8. The van der Waals surface area contributed by atoms with E-state index in [1.807, 2.05) is 20.8 Å². The van der Waals surface area contributed by atoms with Crippen LogP contribution in [-0.4, -0.2) is 72.5 Å². The highest BCUT2D eigenvalue weighted by Crippen LogP contribution is 2.34. The molecule has 2 amide bonds. The Kier molecular flexibility index (Phi) is 4.77. The first kappa shape index (κ1) is 18.5. The summed E-state index contributed by atoms with van der Waals surface area (Å²) in [6.07, 6.45) is 2.33. The van der Waals surface area contributed by atoms with Crippen LogP contribution in [0.5, 0.6) is 0 Å². The van der Waals surface area contributed by atoms with E-state index in [9.17, 15) is 18.0 Å². The Morgan fingerprint density at radius 3 is 2.28 bits per heavy atom. The smallest absolute Gasteiger partial charge is 0.410 e. The largest absolute Gasteiger partial charge is 0.444 e. The molecule has 3 aliphatic rings. The average Bonchev–Trinajstić information content (AvgIpc) is 3.02. The minimum atomic E-state index is -2.97. The lowest BCUT2D eigenvalue weighted by molar-refractivity contribution is -0.133. The fraction of sp³-hybridized carbons (Fsp3) is 0.882. The van der Waals surface area contributed by atoms with E-state index in [-0.39, 0.29) is 35.0 Å². The van der Waals surface area contributed by atoms with Gasteiger partial charge in [0.15, 0.2) is 9.84 Å². The quantitative estimate of drug-likeness (QED) is 0.732. The fourth-order valence-corrected chi connectivity index (χ4v) is 6.04. The lowest BCUT2D eigenvalue weighted by Crippen LogP contribution is -2.46. The number of hydrogen-bond acceptors (Lipinski definition) is 5. The van der Waals surface area contributed by atoms with Crippen molar-refractivity contribution in [3.8, 4) is 0 Å². The first-order valence-corrected chi connectivity index (χ1v) is 10.8. The molecule has 8 heteroatoms. The van der Waals surface area contributed by atoms with Crippen molar-refractivity contribution >= 4 is 21.8 Å². The van der Waals surface area contributed by atoms with E-state index in [0.717, 1.165) is 12.8 Å². The highest BCUT2D eigenvalue weighted by molar-refractivity contribution is 7.92. The van der Waals surface area contributed by atoms with E-state index in [1.165, 1.54) is 0 Å². The van der Waals surface area contributed by atoms with Crippen LogP contribution in [-0.2, 0) is 19.4 Å². The van der Waals surface area contributed by atoms with Crippen molar-refractivity contribution < 1.29 is 22.7 Å². The molecule has 0 aliphatic carbocycles. The number of piperidine rings is 1. The molecule has 7 nitrogen and oxygen atoms in total. The van der Waals surface area contributed by atoms with Gasteiger partial charge in [-0.25, -0.2) is 13.2 Å². The van der Waals surface area contributed by atoms with Crippen LogP contribution in [0.1, 0.15) is 46.5 Å². The molecule has 0 aromatic heterocycles. The Morgan fingerprint density at radius 1 is 1.16 bits per heavy atom. The van der Waals surface area contributed by atoms with Crippen LogP contribution < -0.4 is 0 Å². The van der Waals surface area contributed by atoms with Crippen LogP contribution in [0.25, 0.3) is 0 Å². The van der Waals surface area contributed by atoms with Crippen LogP contribution in [0, 0.1) is 5.92 Å². The highest BCUT2D eigenvalue weighted by atomic mass is 32.2. The van der Waals surface area contributed by atoms with Crippen molar-refractivity contribution in [2.45, 2.75) is 63.3 Å². The van der Waals surface area contributed by atoms with Gasteiger partial charge in [-0.1, -0.05) is 0 Å². The monoisotopic (exact) mass is 372 g/mol. The van der Waals surface area contributed by atoms with E-state index < -0.39 is 15.4 Å². The van der Waals surface area contributed by atoms with Crippen molar-refractivity contribution in [2.24, 2.45) is 5.92 Å². The average molecular weight is 372 g/mol. The molecular formula is C17H28N2O5S. The SMILES string of the molecule is CC(C)(C)OC(=O)N1CCC(CC(=O)N2CC3CC2CS3(=O)=O)CC1. The maximum Gasteiger partial charge on any atom is 0.410 e. The third kappa shape index (κ3) is 4.10. The maximum atomic E-state index is 12.5. The highest BCUT2D eigenvalue weighted by Gasteiger charge is 2.50. The van der Waals surface area contributed by atoms with Gasteiger partial charge in [0.2, 0.25) is 5.91 Å². The molecule has 2 atom stereocenters. The number of ether oxygens (including phenoxy) is 1. The lowest BCUT2D eigenvalue weighted by atomic mass is 9.93. The van der Waals surface area contributed by atoms with Crippen molar-refractivity contribution in [3.63, 3.8) is 0 Å².